The molecule has 0 aliphatic heterocycles. The maximum absolute atomic E-state index is 14.3. The Labute approximate surface area is 182 Å². The van der Waals surface area contributed by atoms with Gasteiger partial charge in [0.2, 0.25) is 5.91 Å². The van der Waals surface area contributed by atoms with Crippen LogP contribution in [0.3, 0.4) is 0 Å². The number of carbonyl (C=O) groups is 2. The van der Waals surface area contributed by atoms with E-state index in [1.165, 1.54) is 38.4 Å². The van der Waals surface area contributed by atoms with Crippen molar-refractivity contribution in [1.29, 1.82) is 0 Å². The molecule has 168 valence electrons. The number of hydrogen-bond acceptors (Lipinski definition) is 4. The lowest BCUT2D eigenvalue weighted by Crippen LogP contribution is -2.44. The fraction of sp³-hybridized carbons (Fsp3) is 0.333. The van der Waals surface area contributed by atoms with E-state index in [0.29, 0.717) is 4.31 Å². The maximum atomic E-state index is 14.3. The highest BCUT2D eigenvalue weighted by molar-refractivity contribution is 7.90. The van der Waals surface area contributed by atoms with Crippen molar-refractivity contribution in [2.45, 2.75) is 26.3 Å². The number of nitrogens with one attached hydrogen (secondary N) is 2. The molecule has 2 amide bonds. The van der Waals surface area contributed by atoms with E-state index < -0.39 is 28.5 Å². The van der Waals surface area contributed by atoms with E-state index >= 15 is 0 Å². The number of carbonyl (C=O) groups excluding carboxylic acids is 2. The lowest BCUT2D eigenvalue weighted by molar-refractivity contribution is -0.114. The number of halogens is 1. The van der Waals surface area contributed by atoms with E-state index in [0.717, 1.165) is 16.8 Å². The Kier molecular flexibility index (Phi) is 8.12. The summed E-state index contributed by atoms with van der Waals surface area (Å²) >= 11 is 0. The SMILES string of the molecule is CC[C@@H](C)NC(=O)c1ccccc1NC(=O)CN(c1ccccc1F)S(=O)(=O)N(C)C. The monoisotopic (exact) mass is 450 g/mol. The Morgan fingerprint density at radius 3 is 2.29 bits per heavy atom. The number of para-hydroxylation sites is 2. The van der Waals surface area contributed by atoms with E-state index in [-0.39, 0.29) is 28.9 Å². The molecule has 0 aliphatic rings. The molecular weight excluding hydrogens is 423 g/mol. The fourth-order valence-corrected chi connectivity index (χ4v) is 3.73. The first-order valence-corrected chi connectivity index (χ1v) is 11.1. The molecular formula is C21H27FN4O4S. The molecule has 2 N–H and O–H groups in total. The lowest BCUT2D eigenvalue weighted by atomic mass is 10.1. The van der Waals surface area contributed by atoms with Crippen LogP contribution in [-0.4, -0.2) is 51.2 Å². The van der Waals surface area contributed by atoms with Crippen LogP contribution in [0.2, 0.25) is 0 Å². The van der Waals surface area contributed by atoms with Crippen LogP contribution in [0.25, 0.3) is 0 Å². The summed E-state index contributed by atoms with van der Waals surface area (Å²) in [6.07, 6.45) is 0.736. The molecule has 0 radical (unpaired) electrons. The minimum atomic E-state index is -4.16. The molecule has 10 heteroatoms. The molecule has 2 aromatic carbocycles. The molecule has 0 fully saturated rings. The lowest BCUT2D eigenvalue weighted by Gasteiger charge is -2.27. The van der Waals surface area contributed by atoms with Crippen molar-refractivity contribution in [3.05, 3.63) is 59.9 Å². The summed E-state index contributed by atoms with van der Waals surface area (Å²) in [4.78, 5) is 25.3. The summed E-state index contributed by atoms with van der Waals surface area (Å²) in [5, 5.41) is 5.39. The number of hydrogen-bond donors (Lipinski definition) is 2. The van der Waals surface area contributed by atoms with Crippen molar-refractivity contribution < 1.29 is 22.4 Å². The molecule has 0 saturated heterocycles. The summed E-state index contributed by atoms with van der Waals surface area (Å²) in [5.41, 5.74) is 0.210. The summed E-state index contributed by atoms with van der Waals surface area (Å²) in [6.45, 7) is 3.11. The van der Waals surface area contributed by atoms with Gasteiger partial charge in [0.05, 0.1) is 16.9 Å². The predicted octanol–water partition coefficient (Wildman–Crippen LogP) is 2.61. The van der Waals surface area contributed by atoms with E-state index in [9.17, 15) is 22.4 Å². The smallest absolute Gasteiger partial charge is 0.304 e. The van der Waals surface area contributed by atoms with Crippen LogP contribution in [0.5, 0.6) is 0 Å². The van der Waals surface area contributed by atoms with Crippen molar-refractivity contribution in [1.82, 2.24) is 9.62 Å². The van der Waals surface area contributed by atoms with Gasteiger partial charge < -0.3 is 10.6 Å². The average molecular weight is 451 g/mol. The number of benzene rings is 2. The Morgan fingerprint density at radius 1 is 1.06 bits per heavy atom. The largest absolute Gasteiger partial charge is 0.350 e. The first-order valence-electron chi connectivity index (χ1n) is 9.72. The van der Waals surface area contributed by atoms with Crippen molar-refractivity contribution >= 4 is 33.4 Å². The van der Waals surface area contributed by atoms with Gasteiger partial charge >= 0.3 is 10.2 Å². The zero-order chi connectivity index (χ0) is 23.2. The van der Waals surface area contributed by atoms with Gasteiger partial charge in [-0.2, -0.15) is 12.7 Å². The normalized spacial score (nSPS) is 12.3. The molecule has 0 saturated carbocycles. The highest BCUT2D eigenvalue weighted by Gasteiger charge is 2.29. The Hall–Kier alpha value is -2.98. The minimum Gasteiger partial charge on any atom is -0.350 e. The van der Waals surface area contributed by atoms with Crippen molar-refractivity contribution in [3.63, 3.8) is 0 Å². The van der Waals surface area contributed by atoms with Crippen LogP contribution in [0.1, 0.15) is 30.6 Å². The zero-order valence-corrected chi connectivity index (χ0v) is 18.7. The molecule has 0 aromatic heterocycles. The summed E-state index contributed by atoms with van der Waals surface area (Å²) < 4.78 is 41.4. The average Bonchev–Trinajstić information content (AvgIpc) is 2.72. The number of nitrogens with zero attached hydrogens (tertiary/aromatic N) is 2. The van der Waals surface area contributed by atoms with E-state index in [4.69, 9.17) is 0 Å². The molecule has 0 aliphatic carbocycles. The Bertz CT molecular complexity index is 1040. The second-order valence-electron chi connectivity index (χ2n) is 7.12. The van der Waals surface area contributed by atoms with Crippen molar-refractivity contribution in [2.75, 3.05) is 30.3 Å². The summed E-state index contributed by atoms with van der Waals surface area (Å²) in [7, 11) is -1.59. The fourth-order valence-electron chi connectivity index (χ4n) is 2.66. The van der Waals surface area contributed by atoms with Crippen LogP contribution >= 0.6 is 0 Å². The highest BCUT2D eigenvalue weighted by Crippen LogP contribution is 2.23. The van der Waals surface area contributed by atoms with Gasteiger partial charge in [0.15, 0.2) is 0 Å². The van der Waals surface area contributed by atoms with Gasteiger partial charge in [-0.25, -0.2) is 8.70 Å². The molecule has 8 nitrogen and oxygen atoms in total. The van der Waals surface area contributed by atoms with E-state index in [1.807, 2.05) is 13.8 Å². The molecule has 2 rings (SSSR count). The van der Waals surface area contributed by atoms with Gasteiger partial charge in [0, 0.05) is 20.1 Å². The van der Waals surface area contributed by atoms with Gasteiger partial charge in [-0.15, -0.1) is 0 Å². The number of anilines is 2. The quantitative estimate of drug-likeness (QED) is 0.614. The van der Waals surface area contributed by atoms with Crippen LogP contribution in [0.4, 0.5) is 15.8 Å². The van der Waals surface area contributed by atoms with Gasteiger partial charge in [-0.1, -0.05) is 31.2 Å². The standard InChI is InChI=1S/C21H27FN4O4S/c1-5-15(2)23-21(28)16-10-6-8-12-18(16)24-20(27)14-26(31(29,30)25(3)4)19-13-9-7-11-17(19)22/h6-13,15H,5,14H2,1-4H3,(H,23,28)(H,24,27)/t15-/m1/s1. The predicted molar refractivity (Wildman–Crippen MR) is 119 cm³/mol. The minimum absolute atomic E-state index is 0.0574. The van der Waals surface area contributed by atoms with Crippen LogP contribution in [0, 0.1) is 5.82 Å². The molecule has 2 aromatic rings. The third kappa shape index (κ3) is 6.02. The second kappa shape index (κ2) is 10.4. The van der Waals surface area contributed by atoms with Crippen LogP contribution in [-0.2, 0) is 15.0 Å². The zero-order valence-electron chi connectivity index (χ0n) is 17.9. The van der Waals surface area contributed by atoms with Gasteiger partial charge in [0.25, 0.3) is 5.91 Å². The van der Waals surface area contributed by atoms with Gasteiger partial charge in [0.1, 0.15) is 12.4 Å². The molecule has 0 heterocycles. The number of amides is 2. The maximum Gasteiger partial charge on any atom is 0.304 e. The first-order chi connectivity index (χ1) is 14.6. The summed E-state index contributed by atoms with van der Waals surface area (Å²) in [6, 6.07) is 11.6. The van der Waals surface area contributed by atoms with Gasteiger partial charge in [-0.3, -0.25) is 9.59 Å². The van der Waals surface area contributed by atoms with Crippen LogP contribution < -0.4 is 14.9 Å². The Morgan fingerprint density at radius 2 is 1.68 bits per heavy atom. The third-order valence-corrected chi connectivity index (χ3v) is 6.39. The first kappa shape index (κ1) is 24.3. The highest BCUT2D eigenvalue weighted by atomic mass is 32.2. The van der Waals surface area contributed by atoms with E-state index in [1.54, 1.807) is 18.2 Å². The molecule has 1 atom stereocenters. The van der Waals surface area contributed by atoms with Crippen molar-refractivity contribution in [2.24, 2.45) is 0 Å². The molecule has 0 spiro atoms. The molecule has 31 heavy (non-hydrogen) atoms. The second-order valence-corrected chi connectivity index (χ2v) is 9.19. The summed E-state index contributed by atoms with van der Waals surface area (Å²) in [5.74, 6) is -1.87. The van der Waals surface area contributed by atoms with Gasteiger partial charge in [-0.05, 0) is 37.6 Å². The van der Waals surface area contributed by atoms with Crippen LogP contribution in [0.15, 0.2) is 48.5 Å². The number of rotatable bonds is 9. The molecule has 0 bridgehead atoms. The Balaban J connectivity index is 2.31. The van der Waals surface area contributed by atoms with Crippen molar-refractivity contribution in [3.8, 4) is 0 Å². The van der Waals surface area contributed by atoms with E-state index in [2.05, 4.69) is 10.6 Å². The topological polar surface area (TPSA) is 98.8 Å². The molecule has 0 unspecified atom stereocenters. The third-order valence-electron chi connectivity index (χ3n) is 4.58.